The predicted octanol–water partition coefficient (Wildman–Crippen LogP) is 2.30. The van der Waals surface area contributed by atoms with Gasteiger partial charge in [-0.1, -0.05) is 13.8 Å². The minimum absolute atomic E-state index is 0.207. The van der Waals surface area contributed by atoms with Crippen LogP contribution < -0.4 is 10.6 Å². The van der Waals surface area contributed by atoms with Gasteiger partial charge in [0, 0.05) is 12.2 Å². The van der Waals surface area contributed by atoms with E-state index >= 15 is 0 Å². The Bertz CT molecular complexity index is 461. The molecule has 0 saturated carbocycles. The molecule has 0 spiro atoms. The molecule has 0 aliphatic heterocycles. The molecule has 1 aromatic carbocycles. The Morgan fingerprint density at radius 2 is 2.06 bits per heavy atom. The summed E-state index contributed by atoms with van der Waals surface area (Å²) in [7, 11) is 0. The van der Waals surface area contributed by atoms with Crippen molar-refractivity contribution < 1.29 is 19.1 Å². The van der Waals surface area contributed by atoms with Gasteiger partial charge < -0.3 is 15.7 Å². The van der Waals surface area contributed by atoms with Crippen molar-refractivity contribution >= 4 is 17.7 Å². The Balaban J connectivity index is 2.66. The quantitative estimate of drug-likeness (QED) is 0.771. The fraction of sp³-hybridized carbons (Fsp3) is 0.333. The van der Waals surface area contributed by atoms with E-state index in [9.17, 15) is 14.0 Å². The monoisotopic (exact) mass is 254 g/mol. The van der Waals surface area contributed by atoms with E-state index in [1.165, 1.54) is 6.07 Å². The summed E-state index contributed by atoms with van der Waals surface area (Å²) in [5.41, 5.74) is -0.220. The second-order valence-electron chi connectivity index (χ2n) is 4.23. The second-order valence-corrected chi connectivity index (χ2v) is 4.23. The van der Waals surface area contributed by atoms with Gasteiger partial charge in [-0.15, -0.1) is 0 Å². The Labute approximate surface area is 104 Å². The van der Waals surface area contributed by atoms with Crippen LogP contribution in [-0.2, 0) is 0 Å². The van der Waals surface area contributed by atoms with Crippen molar-refractivity contribution in [2.24, 2.45) is 5.92 Å². The highest BCUT2D eigenvalue weighted by Gasteiger charge is 2.11. The van der Waals surface area contributed by atoms with Crippen molar-refractivity contribution in [1.29, 1.82) is 0 Å². The van der Waals surface area contributed by atoms with E-state index in [1.54, 1.807) is 0 Å². The number of benzene rings is 1. The number of urea groups is 1. The molecule has 1 aromatic rings. The lowest BCUT2D eigenvalue weighted by atomic mass is 10.2. The third-order valence-electron chi connectivity index (χ3n) is 2.13. The summed E-state index contributed by atoms with van der Waals surface area (Å²) in [6.07, 6.45) is 0. The van der Waals surface area contributed by atoms with Crippen LogP contribution in [0.1, 0.15) is 24.2 Å². The predicted molar refractivity (Wildman–Crippen MR) is 65.2 cm³/mol. The number of anilines is 1. The van der Waals surface area contributed by atoms with Crippen LogP contribution in [0.4, 0.5) is 14.9 Å². The fourth-order valence-electron chi connectivity index (χ4n) is 1.24. The molecule has 5 nitrogen and oxygen atoms in total. The minimum Gasteiger partial charge on any atom is -0.478 e. The molecule has 0 saturated heterocycles. The van der Waals surface area contributed by atoms with Gasteiger partial charge in [-0.2, -0.15) is 0 Å². The third-order valence-corrected chi connectivity index (χ3v) is 2.13. The molecule has 0 aromatic heterocycles. The number of hydrogen-bond donors (Lipinski definition) is 3. The summed E-state index contributed by atoms with van der Waals surface area (Å²) in [6.45, 7) is 4.39. The molecule has 18 heavy (non-hydrogen) atoms. The van der Waals surface area contributed by atoms with E-state index in [2.05, 4.69) is 10.6 Å². The first-order valence-electron chi connectivity index (χ1n) is 5.48. The zero-order valence-corrected chi connectivity index (χ0v) is 10.2. The minimum atomic E-state index is -1.34. The summed E-state index contributed by atoms with van der Waals surface area (Å²) in [5, 5.41) is 13.7. The average molecular weight is 254 g/mol. The molecule has 0 radical (unpaired) electrons. The smallest absolute Gasteiger partial charge is 0.338 e. The first kappa shape index (κ1) is 14.0. The van der Waals surface area contributed by atoms with Gasteiger partial charge in [0.1, 0.15) is 5.82 Å². The molecular weight excluding hydrogens is 239 g/mol. The van der Waals surface area contributed by atoms with Gasteiger partial charge in [0.15, 0.2) is 0 Å². The van der Waals surface area contributed by atoms with Crippen LogP contribution in [0.25, 0.3) is 0 Å². The largest absolute Gasteiger partial charge is 0.478 e. The van der Waals surface area contributed by atoms with E-state index < -0.39 is 23.4 Å². The van der Waals surface area contributed by atoms with E-state index in [0.717, 1.165) is 12.1 Å². The number of hydrogen-bond acceptors (Lipinski definition) is 2. The molecule has 2 amide bonds. The molecule has 0 bridgehead atoms. The second kappa shape index (κ2) is 6.00. The van der Waals surface area contributed by atoms with Crippen molar-refractivity contribution in [1.82, 2.24) is 5.32 Å². The highest BCUT2D eigenvalue weighted by molar-refractivity contribution is 5.91. The number of carbonyl (C=O) groups excluding carboxylic acids is 1. The third kappa shape index (κ3) is 4.04. The standard InChI is InChI=1S/C12H15FN2O3/c1-7(2)6-14-12(18)15-8-3-4-9(11(16)17)10(13)5-8/h3-5,7H,6H2,1-2H3,(H,16,17)(H2,14,15,18). The molecule has 6 heteroatoms. The lowest BCUT2D eigenvalue weighted by Gasteiger charge is -2.09. The summed E-state index contributed by atoms with van der Waals surface area (Å²) >= 11 is 0. The van der Waals surface area contributed by atoms with Crippen LogP contribution >= 0.6 is 0 Å². The van der Waals surface area contributed by atoms with E-state index in [4.69, 9.17) is 5.11 Å². The van der Waals surface area contributed by atoms with Gasteiger partial charge in [-0.05, 0) is 24.1 Å². The molecule has 0 heterocycles. The van der Waals surface area contributed by atoms with Crippen LogP contribution in [0.5, 0.6) is 0 Å². The van der Waals surface area contributed by atoms with Crippen LogP contribution in [0.15, 0.2) is 18.2 Å². The van der Waals surface area contributed by atoms with E-state index in [1.807, 2.05) is 13.8 Å². The zero-order valence-electron chi connectivity index (χ0n) is 10.2. The molecular formula is C12H15FN2O3. The van der Waals surface area contributed by atoms with Crippen LogP contribution in [0.3, 0.4) is 0 Å². The van der Waals surface area contributed by atoms with Gasteiger partial charge in [0.05, 0.1) is 5.56 Å². The van der Waals surface area contributed by atoms with Gasteiger partial charge in [0.25, 0.3) is 0 Å². The molecule has 1 rings (SSSR count). The number of rotatable bonds is 4. The maximum Gasteiger partial charge on any atom is 0.338 e. The molecule has 0 aliphatic carbocycles. The maximum absolute atomic E-state index is 13.3. The SMILES string of the molecule is CC(C)CNC(=O)Nc1ccc(C(=O)O)c(F)c1. The number of amides is 2. The summed E-state index contributed by atoms with van der Waals surface area (Å²) in [5.74, 6) is -1.92. The lowest BCUT2D eigenvalue weighted by Crippen LogP contribution is -2.31. The van der Waals surface area contributed by atoms with Crippen LogP contribution in [0.2, 0.25) is 0 Å². The lowest BCUT2D eigenvalue weighted by molar-refractivity contribution is 0.0692. The Morgan fingerprint density at radius 3 is 2.56 bits per heavy atom. The number of carboxylic acid groups (broad SMARTS) is 1. The van der Waals surface area contributed by atoms with Gasteiger partial charge in [-0.3, -0.25) is 0 Å². The van der Waals surface area contributed by atoms with Gasteiger partial charge >= 0.3 is 12.0 Å². The van der Waals surface area contributed by atoms with Crippen molar-refractivity contribution in [3.05, 3.63) is 29.6 Å². The summed E-state index contributed by atoms with van der Waals surface area (Å²) < 4.78 is 13.3. The molecule has 0 unspecified atom stereocenters. The Morgan fingerprint density at radius 1 is 1.39 bits per heavy atom. The molecule has 0 fully saturated rings. The molecule has 3 N–H and O–H groups in total. The molecule has 0 atom stereocenters. The highest BCUT2D eigenvalue weighted by atomic mass is 19.1. The highest BCUT2D eigenvalue weighted by Crippen LogP contribution is 2.14. The first-order chi connectivity index (χ1) is 8.40. The Kier molecular flexibility index (Phi) is 4.65. The van der Waals surface area contributed by atoms with Crippen LogP contribution in [0, 0.1) is 11.7 Å². The van der Waals surface area contributed by atoms with Gasteiger partial charge in [0.2, 0.25) is 0 Å². The first-order valence-corrected chi connectivity index (χ1v) is 5.48. The van der Waals surface area contributed by atoms with Crippen molar-refractivity contribution in [2.75, 3.05) is 11.9 Å². The zero-order chi connectivity index (χ0) is 13.7. The number of carbonyl (C=O) groups is 2. The van der Waals surface area contributed by atoms with Crippen LogP contribution in [-0.4, -0.2) is 23.7 Å². The topological polar surface area (TPSA) is 78.4 Å². The number of nitrogens with one attached hydrogen (secondary N) is 2. The fourth-order valence-corrected chi connectivity index (χ4v) is 1.24. The van der Waals surface area contributed by atoms with Gasteiger partial charge in [-0.25, -0.2) is 14.0 Å². The molecule has 0 aliphatic rings. The number of aromatic carboxylic acids is 1. The number of carboxylic acids is 1. The van der Waals surface area contributed by atoms with E-state index in [-0.39, 0.29) is 5.69 Å². The van der Waals surface area contributed by atoms with Crippen molar-refractivity contribution in [3.63, 3.8) is 0 Å². The average Bonchev–Trinajstić information content (AvgIpc) is 2.26. The maximum atomic E-state index is 13.3. The molecule has 98 valence electrons. The van der Waals surface area contributed by atoms with E-state index in [0.29, 0.717) is 12.5 Å². The van der Waals surface area contributed by atoms with Crippen molar-refractivity contribution in [3.8, 4) is 0 Å². The normalized spacial score (nSPS) is 10.2. The Hall–Kier alpha value is -2.11. The summed E-state index contributed by atoms with van der Waals surface area (Å²) in [4.78, 5) is 22.0. The number of halogens is 1. The summed E-state index contributed by atoms with van der Waals surface area (Å²) in [6, 6.07) is 2.96. The van der Waals surface area contributed by atoms with Crippen molar-refractivity contribution in [2.45, 2.75) is 13.8 Å².